The lowest BCUT2D eigenvalue weighted by molar-refractivity contribution is 0.303. The summed E-state index contributed by atoms with van der Waals surface area (Å²) in [4.78, 5) is 0. The maximum atomic E-state index is 5.76. The van der Waals surface area contributed by atoms with E-state index in [0.717, 1.165) is 25.1 Å². The molecule has 0 bridgehead atoms. The molecule has 18 heavy (non-hydrogen) atoms. The van der Waals surface area contributed by atoms with E-state index in [2.05, 4.69) is 43.1 Å². The zero-order valence-electron chi connectivity index (χ0n) is 11.2. The first-order chi connectivity index (χ1) is 8.83. The van der Waals surface area contributed by atoms with Crippen molar-refractivity contribution in [3.63, 3.8) is 0 Å². The number of benzene rings is 1. The molecule has 1 aliphatic carbocycles. The van der Waals surface area contributed by atoms with Crippen molar-refractivity contribution < 1.29 is 4.74 Å². The van der Waals surface area contributed by atoms with Gasteiger partial charge in [0.1, 0.15) is 5.75 Å². The van der Waals surface area contributed by atoms with Gasteiger partial charge in [-0.1, -0.05) is 25.1 Å². The number of hydrogen-bond acceptors (Lipinski definition) is 2. The van der Waals surface area contributed by atoms with Gasteiger partial charge in [-0.25, -0.2) is 0 Å². The molecule has 1 atom stereocenters. The Balaban J connectivity index is 1.97. The molecule has 0 radical (unpaired) electrons. The molecule has 0 aromatic heterocycles. The van der Waals surface area contributed by atoms with Crippen molar-refractivity contribution in [1.82, 2.24) is 5.32 Å². The summed E-state index contributed by atoms with van der Waals surface area (Å²) in [6.07, 6.45) is 6.97. The molecule has 0 saturated heterocycles. The highest BCUT2D eigenvalue weighted by molar-refractivity contribution is 5.30. The SMILES string of the molecule is C=CCC(NCCC)c1ccc(OC2CC2)cc1. The number of ether oxygens (including phenoxy) is 1. The minimum Gasteiger partial charge on any atom is -0.490 e. The Hall–Kier alpha value is -1.28. The second-order valence-corrected chi connectivity index (χ2v) is 4.92. The highest BCUT2D eigenvalue weighted by Crippen LogP contribution is 2.28. The fourth-order valence-corrected chi connectivity index (χ4v) is 1.98. The third-order valence-corrected chi connectivity index (χ3v) is 3.15. The van der Waals surface area contributed by atoms with Crippen molar-refractivity contribution in [2.24, 2.45) is 0 Å². The summed E-state index contributed by atoms with van der Waals surface area (Å²) < 4.78 is 5.76. The summed E-state index contributed by atoms with van der Waals surface area (Å²) in [5.74, 6) is 0.995. The van der Waals surface area contributed by atoms with E-state index in [1.807, 2.05) is 6.08 Å². The first-order valence-electron chi connectivity index (χ1n) is 6.94. The van der Waals surface area contributed by atoms with E-state index < -0.39 is 0 Å². The monoisotopic (exact) mass is 245 g/mol. The number of rotatable bonds is 8. The van der Waals surface area contributed by atoms with Crippen molar-refractivity contribution >= 4 is 0 Å². The molecule has 1 unspecified atom stereocenters. The van der Waals surface area contributed by atoms with Gasteiger partial charge in [0, 0.05) is 6.04 Å². The van der Waals surface area contributed by atoms with Crippen LogP contribution in [0, 0.1) is 0 Å². The lowest BCUT2D eigenvalue weighted by Gasteiger charge is -2.17. The second-order valence-electron chi connectivity index (χ2n) is 4.92. The largest absolute Gasteiger partial charge is 0.490 e. The molecular weight excluding hydrogens is 222 g/mol. The van der Waals surface area contributed by atoms with Crippen LogP contribution in [0.3, 0.4) is 0 Å². The maximum Gasteiger partial charge on any atom is 0.119 e. The van der Waals surface area contributed by atoms with Crippen molar-refractivity contribution in [1.29, 1.82) is 0 Å². The summed E-state index contributed by atoms with van der Waals surface area (Å²) >= 11 is 0. The molecule has 98 valence electrons. The molecule has 2 nitrogen and oxygen atoms in total. The molecule has 1 aromatic carbocycles. The van der Waals surface area contributed by atoms with Gasteiger partial charge in [-0.2, -0.15) is 0 Å². The molecule has 1 aromatic rings. The van der Waals surface area contributed by atoms with Gasteiger partial charge in [-0.05, 0) is 49.9 Å². The van der Waals surface area contributed by atoms with E-state index in [-0.39, 0.29) is 0 Å². The molecule has 2 rings (SSSR count). The Morgan fingerprint density at radius 3 is 2.67 bits per heavy atom. The van der Waals surface area contributed by atoms with Gasteiger partial charge < -0.3 is 10.1 Å². The van der Waals surface area contributed by atoms with Crippen LogP contribution in [-0.2, 0) is 0 Å². The minimum atomic E-state index is 0.373. The minimum absolute atomic E-state index is 0.373. The molecule has 0 amide bonds. The second kappa shape index (κ2) is 6.60. The van der Waals surface area contributed by atoms with Crippen LogP contribution in [0.4, 0.5) is 0 Å². The maximum absolute atomic E-state index is 5.76. The fourth-order valence-electron chi connectivity index (χ4n) is 1.98. The normalized spacial score (nSPS) is 16.3. The summed E-state index contributed by atoms with van der Waals surface area (Å²) in [6, 6.07) is 8.86. The first-order valence-corrected chi connectivity index (χ1v) is 6.94. The third-order valence-electron chi connectivity index (χ3n) is 3.15. The van der Waals surface area contributed by atoms with Crippen LogP contribution >= 0.6 is 0 Å². The first kappa shape index (κ1) is 13.2. The molecule has 1 saturated carbocycles. The van der Waals surface area contributed by atoms with Gasteiger partial charge in [-0.15, -0.1) is 6.58 Å². The number of nitrogens with one attached hydrogen (secondary N) is 1. The molecule has 1 N–H and O–H groups in total. The zero-order valence-corrected chi connectivity index (χ0v) is 11.2. The Bertz CT molecular complexity index is 367. The fraction of sp³-hybridized carbons (Fsp3) is 0.500. The van der Waals surface area contributed by atoms with Crippen LogP contribution in [-0.4, -0.2) is 12.6 Å². The predicted octanol–water partition coefficient (Wildman–Crippen LogP) is 3.84. The Morgan fingerprint density at radius 1 is 1.39 bits per heavy atom. The smallest absolute Gasteiger partial charge is 0.119 e. The molecule has 0 heterocycles. The van der Waals surface area contributed by atoms with Crippen molar-refractivity contribution in [2.75, 3.05) is 6.54 Å². The highest BCUT2D eigenvalue weighted by atomic mass is 16.5. The van der Waals surface area contributed by atoms with Crippen LogP contribution in [0.2, 0.25) is 0 Å². The van der Waals surface area contributed by atoms with Crippen molar-refractivity contribution in [3.8, 4) is 5.75 Å². The van der Waals surface area contributed by atoms with Crippen LogP contribution in [0.1, 0.15) is 44.2 Å². The highest BCUT2D eigenvalue weighted by Gasteiger charge is 2.23. The zero-order chi connectivity index (χ0) is 12.8. The van der Waals surface area contributed by atoms with Gasteiger partial charge in [0.2, 0.25) is 0 Å². The van der Waals surface area contributed by atoms with Crippen LogP contribution < -0.4 is 10.1 Å². The molecule has 1 aliphatic rings. The topological polar surface area (TPSA) is 21.3 Å². The molecular formula is C16H23NO. The molecule has 0 aliphatic heterocycles. The van der Waals surface area contributed by atoms with Crippen LogP contribution in [0.25, 0.3) is 0 Å². The molecule has 1 fully saturated rings. The Kier molecular flexibility index (Phi) is 4.82. The summed E-state index contributed by atoms with van der Waals surface area (Å²) in [6.45, 7) is 7.06. The van der Waals surface area contributed by atoms with Gasteiger partial charge >= 0.3 is 0 Å². The average Bonchev–Trinajstić information content (AvgIpc) is 3.19. The Morgan fingerprint density at radius 2 is 2.11 bits per heavy atom. The predicted molar refractivity (Wildman–Crippen MR) is 75.9 cm³/mol. The standard InChI is InChI=1S/C16H23NO/c1-3-5-16(17-12-4-2)13-6-8-14(9-7-13)18-15-10-11-15/h3,6-9,15-17H,1,4-5,10-12H2,2H3. The van der Waals surface area contributed by atoms with E-state index in [4.69, 9.17) is 4.74 Å². The lowest BCUT2D eigenvalue weighted by atomic mass is 10.0. The van der Waals surface area contributed by atoms with Crippen molar-refractivity contribution in [2.45, 2.75) is 44.8 Å². The van der Waals surface area contributed by atoms with Crippen molar-refractivity contribution in [3.05, 3.63) is 42.5 Å². The summed E-state index contributed by atoms with van der Waals surface area (Å²) in [5.41, 5.74) is 1.31. The molecule has 0 spiro atoms. The van der Waals surface area contributed by atoms with Gasteiger partial charge in [0.15, 0.2) is 0 Å². The quantitative estimate of drug-likeness (QED) is 0.702. The van der Waals surface area contributed by atoms with Gasteiger partial charge in [0.25, 0.3) is 0 Å². The summed E-state index contributed by atoms with van der Waals surface area (Å²) in [5, 5.41) is 3.55. The van der Waals surface area contributed by atoms with Gasteiger partial charge in [0.05, 0.1) is 6.10 Å². The van der Waals surface area contributed by atoms with E-state index in [1.165, 1.54) is 18.4 Å². The third kappa shape index (κ3) is 3.88. The van der Waals surface area contributed by atoms with E-state index >= 15 is 0 Å². The van der Waals surface area contributed by atoms with E-state index in [1.54, 1.807) is 0 Å². The Labute approximate surface area is 110 Å². The molecule has 2 heteroatoms. The number of hydrogen-bond donors (Lipinski definition) is 1. The lowest BCUT2D eigenvalue weighted by Crippen LogP contribution is -2.21. The van der Waals surface area contributed by atoms with Gasteiger partial charge in [-0.3, -0.25) is 0 Å². The van der Waals surface area contributed by atoms with Crippen LogP contribution in [0.15, 0.2) is 36.9 Å². The van der Waals surface area contributed by atoms with E-state index in [0.29, 0.717) is 12.1 Å². The summed E-state index contributed by atoms with van der Waals surface area (Å²) in [7, 11) is 0. The average molecular weight is 245 g/mol. The van der Waals surface area contributed by atoms with Crippen LogP contribution in [0.5, 0.6) is 5.75 Å². The van der Waals surface area contributed by atoms with E-state index in [9.17, 15) is 0 Å².